The molecule has 4 aromatic carbocycles. The van der Waals surface area contributed by atoms with Crippen molar-refractivity contribution in [2.24, 2.45) is 0 Å². The molecule has 3 heteroatoms. The molecule has 0 amide bonds. The summed E-state index contributed by atoms with van der Waals surface area (Å²) in [5.41, 5.74) is 5.14. The molecule has 0 unspecified atom stereocenters. The van der Waals surface area contributed by atoms with Gasteiger partial charge in [-0.05, 0) is 52.8 Å². The fraction of sp³-hybridized carbons (Fsp3) is 0.294. The second kappa shape index (κ2) is 13.2. The van der Waals surface area contributed by atoms with E-state index in [1.807, 2.05) is 72.8 Å². The molecule has 0 aliphatic rings. The van der Waals surface area contributed by atoms with Crippen LogP contribution in [0.1, 0.15) is 57.9 Å². The SMILES string of the molecule is CCCCCCCOc1ccc(-c2ccc(-c3ccc(-c4ccc(CCC)cc4)c(F)c3F)cc2)cc1. The predicted molar refractivity (Wildman–Crippen MR) is 151 cm³/mol. The number of rotatable bonds is 12. The van der Waals surface area contributed by atoms with Gasteiger partial charge in [-0.2, -0.15) is 0 Å². The maximum absolute atomic E-state index is 15.1. The Labute approximate surface area is 220 Å². The van der Waals surface area contributed by atoms with Gasteiger partial charge in [0.1, 0.15) is 5.75 Å². The first-order chi connectivity index (χ1) is 18.1. The Balaban J connectivity index is 1.42. The maximum Gasteiger partial charge on any atom is 0.167 e. The summed E-state index contributed by atoms with van der Waals surface area (Å²) in [6, 6.07) is 26.6. The Morgan fingerprint density at radius 1 is 0.514 bits per heavy atom. The third-order valence-corrected chi connectivity index (χ3v) is 6.79. The van der Waals surface area contributed by atoms with Crippen LogP contribution in [-0.4, -0.2) is 6.61 Å². The molecule has 192 valence electrons. The molecule has 0 spiro atoms. The summed E-state index contributed by atoms with van der Waals surface area (Å²) in [5, 5.41) is 0. The normalized spacial score (nSPS) is 11.0. The number of hydrogen-bond acceptors (Lipinski definition) is 1. The lowest BCUT2D eigenvalue weighted by Gasteiger charge is -2.11. The Morgan fingerprint density at radius 3 is 1.54 bits per heavy atom. The highest BCUT2D eigenvalue weighted by Crippen LogP contribution is 2.33. The molecular formula is C34H36F2O. The first-order valence-electron chi connectivity index (χ1n) is 13.5. The van der Waals surface area contributed by atoms with Crippen LogP contribution in [-0.2, 0) is 6.42 Å². The standard InChI is InChI=1S/C34H36F2O/c1-3-5-6-7-8-24-37-30-20-18-27(19-21-30)26-14-16-29(17-15-26)32-23-22-31(33(35)34(32)36)28-12-10-25(9-4-2)11-13-28/h10-23H,3-9,24H2,1-2H3. The van der Waals surface area contributed by atoms with Crippen molar-refractivity contribution in [1.82, 2.24) is 0 Å². The Hall–Kier alpha value is -3.46. The van der Waals surface area contributed by atoms with Gasteiger partial charge in [-0.1, -0.05) is 119 Å². The first kappa shape index (κ1) is 26.6. The van der Waals surface area contributed by atoms with Crippen molar-refractivity contribution in [3.05, 3.63) is 102 Å². The lowest BCUT2D eigenvalue weighted by atomic mass is 9.96. The van der Waals surface area contributed by atoms with E-state index in [1.54, 1.807) is 12.1 Å². The van der Waals surface area contributed by atoms with E-state index in [4.69, 9.17) is 4.74 Å². The number of aryl methyl sites for hydroxylation is 1. The molecule has 0 saturated heterocycles. The van der Waals surface area contributed by atoms with E-state index in [1.165, 1.54) is 31.2 Å². The predicted octanol–water partition coefficient (Wildman–Crippen LogP) is 10.3. The van der Waals surface area contributed by atoms with E-state index in [9.17, 15) is 0 Å². The van der Waals surface area contributed by atoms with Crippen LogP contribution in [0.15, 0.2) is 84.9 Å². The smallest absolute Gasteiger partial charge is 0.167 e. The van der Waals surface area contributed by atoms with E-state index < -0.39 is 11.6 Å². The zero-order chi connectivity index (χ0) is 26.0. The number of ether oxygens (including phenoxy) is 1. The molecule has 0 atom stereocenters. The zero-order valence-electron chi connectivity index (χ0n) is 21.9. The molecular weight excluding hydrogens is 462 g/mol. The zero-order valence-corrected chi connectivity index (χ0v) is 21.9. The fourth-order valence-electron chi connectivity index (χ4n) is 4.62. The summed E-state index contributed by atoms with van der Waals surface area (Å²) in [5.74, 6) is -0.765. The highest BCUT2D eigenvalue weighted by atomic mass is 19.2. The average Bonchev–Trinajstić information content (AvgIpc) is 2.93. The van der Waals surface area contributed by atoms with Crippen molar-refractivity contribution in [2.45, 2.75) is 58.8 Å². The molecule has 0 aromatic heterocycles. The van der Waals surface area contributed by atoms with Crippen LogP contribution >= 0.6 is 0 Å². The Morgan fingerprint density at radius 2 is 1.00 bits per heavy atom. The lowest BCUT2D eigenvalue weighted by Crippen LogP contribution is -1.97. The lowest BCUT2D eigenvalue weighted by molar-refractivity contribution is 0.304. The van der Waals surface area contributed by atoms with Gasteiger partial charge in [0.15, 0.2) is 11.6 Å². The molecule has 4 aromatic rings. The van der Waals surface area contributed by atoms with Crippen molar-refractivity contribution in [3.8, 4) is 39.1 Å². The van der Waals surface area contributed by atoms with Crippen LogP contribution in [0, 0.1) is 11.6 Å². The molecule has 0 radical (unpaired) electrons. The molecule has 0 aliphatic carbocycles. The minimum absolute atomic E-state index is 0.262. The third kappa shape index (κ3) is 6.85. The van der Waals surface area contributed by atoms with Crippen LogP contribution < -0.4 is 4.74 Å². The molecule has 0 N–H and O–H groups in total. The number of unbranched alkanes of at least 4 members (excludes halogenated alkanes) is 4. The van der Waals surface area contributed by atoms with Gasteiger partial charge in [0.05, 0.1) is 6.61 Å². The number of hydrogen-bond donors (Lipinski definition) is 0. The van der Waals surface area contributed by atoms with Crippen molar-refractivity contribution < 1.29 is 13.5 Å². The van der Waals surface area contributed by atoms with Crippen LogP contribution in [0.25, 0.3) is 33.4 Å². The van der Waals surface area contributed by atoms with Crippen molar-refractivity contribution >= 4 is 0 Å². The van der Waals surface area contributed by atoms with Crippen molar-refractivity contribution in [3.63, 3.8) is 0 Å². The van der Waals surface area contributed by atoms with Gasteiger partial charge in [0, 0.05) is 11.1 Å². The summed E-state index contributed by atoms with van der Waals surface area (Å²) in [4.78, 5) is 0. The van der Waals surface area contributed by atoms with Gasteiger partial charge in [-0.25, -0.2) is 8.78 Å². The van der Waals surface area contributed by atoms with Gasteiger partial charge >= 0.3 is 0 Å². The number of benzene rings is 4. The largest absolute Gasteiger partial charge is 0.494 e. The Kier molecular flexibility index (Phi) is 9.48. The van der Waals surface area contributed by atoms with Crippen molar-refractivity contribution in [1.29, 1.82) is 0 Å². The summed E-state index contributed by atoms with van der Waals surface area (Å²) in [7, 11) is 0. The van der Waals surface area contributed by atoms with E-state index in [2.05, 4.69) is 13.8 Å². The van der Waals surface area contributed by atoms with Crippen LogP contribution in [0.4, 0.5) is 8.78 Å². The molecule has 0 saturated carbocycles. The molecule has 4 rings (SSSR count). The minimum atomic E-state index is -0.820. The highest BCUT2D eigenvalue weighted by Gasteiger charge is 2.16. The highest BCUT2D eigenvalue weighted by molar-refractivity contribution is 5.74. The van der Waals surface area contributed by atoms with Gasteiger partial charge in [0.2, 0.25) is 0 Å². The number of halogens is 2. The van der Waals surface area contributed by atoms with E-state index in [0.717, 1.165) is 42.7 Å². The molecule has 0 fully saturated rings. The van der Waals surface area contributed by atoms with E-state index in [-0.39, 0.29) is 11.1 Å². The molecule has 1 nitrogen and oxygen atoms in total. The van der Waals surface area contributed by atoms with Crippen LogP contribution in [0.5, 0.6) is 5.75 Å². The summed E-state index contributed by atoms with van der Waals surface area (Å²) in [6.45, 7) is 5.08. The topological polar surface area (TPSA) is 9.23 Å². The minimum Gasteiger partial charge on any atom is -0.494 e. The first-order valence-corrected chi connectivity index (χ1v) is 13.5. The third-order valence-electron chi connectivity index (χ3n) is 6.79. The molecule has 0 heterocycles. The molecule has 0 aliphatic heterocycles. The summed E-state index contributed by atoms with van der Waals surface area (Å²) in [6.07, 6.45) is 8.11. The monoisotopic (exact) mass is 498 g/mol. The van der Waals surface area contributed by atoms with Gasteiger partial charge in [-0.3, -0.25) is 0 Å². The van der Waals surface area contributed by atoms with E-state index in [0.29, 0.717) is 11.1 Å². The van der Waals surface area contributed by atoms with Crippen LogP contribution in [0.3, 0.4) is 0 Å². The second-order valence-electron chi connectivity index (χ2n) is 9.60. The van der Waals surface area contributed by atoms with Gasteiger partial charge < -0.3 is 4.74 Å². The van der Waals surface area contributed by atoms with Crippen LogP contribution in [0.2, 0.25) is 0 Å². The summed E-state index contributed by atoms with van der Waals surface area (Å²) < 4.78 is 36.0. The average molecular weight is 499 g/mol. The molecule has 37 heavy (non-hydrogen) atoms. The van der Waals surface area contributed by atoms with E-state index >= 15 is 8.78 Å². The van der Waals surface area contributed by atoms with Crippen molar-refractivity contribution in [2.75, 3.05) is 6.61 Å². The fourth-order valence-corrected chi connectivity index (χ4v) is 4.62. The summed E-state index contributed by atoms with van der Waals surface area (Å²) >= 11 is 0. The maximum atomic E-state index is 15.1. The van der Waals surface area contributed by atoms with Gasteiger partial charge in [0.25, 0.3) is 0 Å². The second-order valence-corrected chi connectivity index (χ2v) is 9.60. The quantitative estimate of drug-likeness (QED) is 0.177. The van der Waals surface area contributed by atoms with Gasteiger partial charge in [-0.15, -0.1) is 0 Å². The Bertz CT molecular complexity index is 1260. The molecule has 0 bridgehead atoms.